The van der Waals surface area contributed by atoms with Gasteiger partial charge >= 0.3 is 0 Å². The van der Waals surface area contributed by atoms with Crippen LogP contribution in [0.3, 0.4) is 0 Å². The summed E-state index contributed by atoms with van der Waals surface area (Å²) in [7, 11) is 0. The van der Waals surface area contributed by atoms with E-state index in [0.717, 1.165) is 16.5 Å². The molecule has 5 nitrogen and oxygen atoms in total. The molecule has 1 atom stereocenters. The van der Waals surface area contributed by atoms with Crippen molar-refractivity contribution in [2.45, 2.75) is 19.5 Å². The maximum Gasteiger partial charge on any atom is 0.242 e. The monoisotopic (exact) mass is 306 g/mol. The summed E-state index contributed by atoms with van der Waals surface area (Å²) >= 11 is 0. The van der Waals surface area contributed by atoms with Crippen molar-refractivity contribution in [1.82, 2.24) is 15.3 Å². The molecule has 0 saturated carbocycles. The minimum absolute atomic E-state index is 0.0726. The van der Waals surface area contributed by atoms with Gasteiger partial charge in [-0.25, -0.2) is 9.97 Å². The van der Waals surface area contributed by atoms with Gasteiger partial charge in [-0.3, -0.25) is 4.79 Å². The lowest BCUT2D eigenvalue weighted by Gasteiger charge is -2.15. The van der Waals surface area contributed by atoms with Crippen molar-refractivity contribution in [2.75, 3.05) is 5.32 Å². The Labute approximate surface area is 134 Å². The molecule has 0 aliphatic carbocycles. The van der Waals surface area contributed by atoms with E-state index in [1.165, 1.54) is 6.33 Å². The van der Waals surface area contributed by atoms with Crippen LogP contribution >= 0.6 is 0 Å². The zero-order valence-electron chi connectivity index (χ0n) is 12.9. The van der Waals surface area contributed by atoms with Gasteiger partial charge in [0.2, 0.25) is 5.91 Å². The highest BCUT2D eigenvalue weighted by atomic mass is 16.2. The second kappa shape index (κ2) is 6.87. The van der Waals surface area contributed by atoms with Gasteiger partial charge in [-0.15, -0.1) is 0 Å². The van der Waals surface area contributed by atoms with Crippen LogP contribution < -0.4 is 10.6 Å². The molecule has 3 aromatic rings. The molecule has 2 N–H and O–H groups in total. The topological polar surface area (TPSA) is 66.9 Å². The molecule has 0 fully saturated rings. The van der Waals surface area contributed by atoms with Gasteiger partial charge in [0.15, 0.2) is 0 Å². The summed E-state index contributed by atoms with van der Waals surface area (Å²) < 4.78 is 0. The number of rotatable bonds is 5. The number of aromatic nitrogens is 2. The first kappa shape index (κ1) is 15.0. The van der Waals surface area contributed by atoms with Gasteiger partial charge < -0.3 is 10.6 Å². The van der Waals surface area contributed by atoms with Crippen molar-refractivity contribution in [3.8, 4) is 0 Å². The van der Waals surface area contributed by atoms with Crippen molar-refractivity contribution in [1.29, 1.82) is 0 Å². The normalized spacial score (nSPS) is 11.9. The number of carbonyl (C=O) groups excluding carboxylic acids is 1. The average molecular weight is 306 g/mol. The van der Waals surface area contributed by atoms with Crippen LogP contribution in [0.1, 0.15) is 12.5 Å². The summed E-state index contributed by atoms with van der Waals surface area (Å²) in [5.74, 6) is 0.592. The largest absolute Gasteiger partial charge is 0.358 e. The fraction of sp³-hybridized carbons (Fsp3) is 0.167. The number of anilines is 1. The number of nitrogens with one attached hydrogen (secondary N) is 2. The van der Waals surface area contributed by atoms with E-state index in [9.17, 15) is 4.79 Å². The van der Waals surface area contributed by atoms with Crippen LogP contribution in [0, 0.1) is 0 Å². The van der Waals surface area contributed by atoms with Gasteiger partial charge in [0.25, 0.3) is 0 Å². The number of nitrogens with zero attached hydrogens (tertiary/aromatic N) is 2. The zero-order chi connectivity index (χ0) is 16.1. The Kier molecular flexibility index (Phi) is 4.47. The van der Waals surface area contributed by atoms with Crippen LogP contribution in [0.2, 0.25) is 0 Å². The molecular weight excluding hydrogens is 288 g/mol. The Morgan fingerprint density at radius 2 is 1.78 bits per heavy atom. The molecule has 0 bridgehead atoms. The summed E-state index contributed by atoms with van der Waals surface area (Å²) in [6.45, 7) is 2.33. The molecule has 0 radical (unpaired) electrons. The molecule has 1 amide bonds. The van der Waals surface area contributed by atoms with Crippen LogP contribution in [0.25, 0.3) is 10.9 Å². The highest BCUT2D eigenvalue weighted by Gasteiger charge is 2.14. The smallest absolute Gasteiger partial charge is 0.242 e. The van der Waals surface area contributed by atoms with Gasteiger partial charge in [-0.1, -0.05) is 42.5 Å². The Balaban J connectivity index is 1.66. The van der Waals surface area contributed by atoms with Crippen LogP contribution in [-0.2, 0) is 11.3 Å². The number of fused-ring (bicyclic) bond motifs is 1. The van der Waals surface area contributed by atoms with Crippen LogP contribution in [0.4, 0.5) is 5.82 Å². The molecule has 0 saturated heterocycles. The molecule has 2 aromatic carbocycles. The van der Waals surface area contributed by atoms with E-state index in [0.29, 0.717) is 12.4 Å². The summed E-state index contributed by atoms with van der Waals surface area (Å²) in [6, 6.07) is 17.1. The van der Waals surface area contributed by atoms with Gasteiger partial charge in [-0.2, -0.15) is 0 Å². The SMILES string of the molecule is CC(Nc1ncnc2ccccc12)C(=O)NCc1ccccc1. The van der Waals surface area contributed by atoms with E-state index in [2.05, 4.69) is 20.6 Å². The zero-order valence-corrected chi connectivity index (χ0v) is 12.9. The van der Waals surface area contributed by atoms with E-state index in [1.807, 2.05) is 61.5 Å². The number of hydrogen-bond donors (Lipinski definition) is 2. The molecule has 5 heteroatoms. The molecule has 23 heavy (non-hydrogen) atoms. The molecule has 0 spiro atoms. The minimum Gasteiger partial charge on any atom is -0.358 e. The molecular formula is C18H18N4O. The Morgan fingerprint density at radius 3 is 2.61 bits per heavy atom. The summed E-state index contributed by atoms with van der Waals surface area (Å²) in [4.78, 5) is 20.7. The van der Waals surface area contributed by atoms with Gasteiger partial charge in [0, 0.05) is 11.9 Å². The molecule has 116 valence electrons. The molecule has 0 aliphatic heterocycles. The third kappa shape index (κ3) is 3.63. The maximum atomic E-state index is 12.2. The van der Waals surface area contributed by atoms with E-state index >= 15 is 0 Å². The quantitative estimate of drug-likeness (QED) is 0.760. The molecule has 1 aromatic heterocycles. The Morgan fingerprint density at radius 1 is 1.04 bits per heavy atom. The fourth-order valence-corrected chi connectivity index (χ4v) is 2.33. The number of carbonyl (C=O) groups is 1. The predicted molar refractivity (Wildman–Crippen MR) is 90.9 cm³/mol. The number of para-hydroxylation sites is 1. The Bertz CT molecular complexity index is 799. The number of amides is 1. The first-order chi connectivity index (χ1) is 11.2. The van der Waals surface area contributed by atoms with Crippen molar-refractivity contribution < 1.29 is 4.79 Å². The second-order valence-corrected chi connectivity index (χ2v) is 5.31. The van der Waals surface area contributed by atoms with E-state index in [4.69, 9.17) is 0 Å². The lowest BCUT2D eigenvalue weighted by molar-refractivity contribution is -0.121. The van der Waals surface area contributed by atoms with Crippen molar-refractivity contribution >= 4 is 22.6 Å². The van der Waals surface area contributed by atoms with Crippen molar-refractivity contribution in [2.24, 2.45) is 0 Å². The standard InChI is InChI=1S/C18H18N4O/c1-13(18(23)19-11-14-7-3-2-4-8-14)22-17-15-9-5-6-10-16(15)20-12-21-17/h2-10,12-13H,11H2,1H3,(H,19,23)(H,20,21,22). The maximum absolute atomic E-state index is 12.2. The third-order valence-corrected chi connectivity index (χ3v) is 3.60. The van der Waals surface area contributed by atoms with Crippen LogP contribution in [0.5, 0.6) is 0 Å². The van der Waals surface area contributed by atoms with E-state index in [1.54, 1.807) is 0 Å². The fourth-order valence-electron chi connectivity index (χ4n) is 2.33. The van der Waals surface area contributed by atoms with Gasteiger partial charge in [0.05, 0.1) is 5.52 Å². The highest BCUT2D eigenvalue weighted by Crippen LogP contribution is 2.18. The first-order valence-electron chi connectivity index (χ1n) is 7.52. The molecule has 1 unspecified atom stereocenters. The summed E-state index contributed by atoms with van der Waals surface area (Å²) in [5, 5.41) is 6.98. The van der Waals surface area contributed by atoms with E-state index in [-0.39, 0.29) is 5.91 Å². The highest BCUT2D eigenvalue weighted by molar-refractivity contribution is 5.91. The Hall–Kier alpha value is -2.95. The minimum atomic E-state index is -0.392. The first-order valence-corrected chi connectivity index (χ1v) is 7.52. The second-order valence-electron chi connectivity index (χ2n) is 5.31. The van der Waals surface area contributed by atoms with E-state index < -0.39 is 6.04 Å². The predicted octanol–water partition coefficient (Wildman–Crippen LogP) is 2.75. The number of benzene rings is 2. The third-order valence-electron chi connectivity index (χ3n) is 3.60. The summed E-state index contributed by atoms with van der Waals surface area (Å²) in [6.07, 6.45) is 1.50. The summed E-state index contributed by atoms with van der Waals surface area (Å²) in [5.41, 5.74) is 1.92. The van der Waals surface area contributed by atoms with Gasteiger partial charge in [-0.05, 0) is 24.6 Å². The van der Waals surface area contributed by atoms with Crippen LogP contribution in [0.15, 0.2) is 60.9 Å². The van der Waals surface area contributed by atoms with Gasteiger partial charge in [0.1, 0.15) is 18.2 Å². The molecule has 1 heterocycles. The molecule has 0 aliphatic rings. The van der Waals surface area contributed by atoms with Crippen molar-refractivity contribution in [3.63, 3.8) is 0 Å². The molecule has 3 rings (SSSR count). The lowest BCUT2D eigenvalue weighted by atomic mass is 10.2. The average Bonchev–Trinajstić information content (AvgIpc) is 2.61. The van der Waals surface area contributed by atoms with Crippen molar-refractivity contribution in [3.05, 3.63) is 66.5 Å². The van der Waals surface area contributed by atoms with Crippen LogP contribution in [-0.4, -0.2) is 21.9 Å². The number of hydrogen-bond acceptors (Lipinski definition) is 4. The lowest BCUT2D eigenvalue weighted by Crippen LogP contribution is -2.37.